The number of hydrogen-bond donors (Lipinski definition) is 2. The fraction of sp³-hybridized carbons (Fsp3) is 0.364. The summed E-state index contributed by atoms with van der Waals surface area (Å²) in [4.78, 5) is 24.3. The number of thioether (sulfide) groups is 1. The van der Waals surface area contributed by atoms with Crippen molar-refractivity contribution in [2.75, 3.05) is 11.1 Å². The zero-order valence-corrected chi connectivity index (χ0v) is 16.6. The van der Waals surface area contributed by atoms with Gasteiger partial charge in [-0.15, -0.1) is 11.8 Å². The molecule has 1 fully saturated rings. The van der Waals surface area contributed by atoms with Crippen molar-refractivity contribution >= 4 is 29.4 Å². The van der Waals surface area contributed by atoms with Crippen LogP contribution >= 0.6 is 11.8 Å². The number of carbonyl (C=O) groups excluding carboxylic acids is 2. The van der Waals surface area contributed by atoms with E-state index in [0.717, 1.165) is 25.0 Å². The molecule has 2 N–H and O–H groups in total. The third-order valence-corrected chi connectivity index (χ3v) is 5.63. The Morgan fingerprint density at radius 3 is 2.46 bits per heavy atom. The molecule has 0 aromatic heterocycles. The lowest BCUT2D eigenvalue weighted by atomic mass is 9.93. The molecule has 148 valence electrons. The molecule has 28 heavy (non-hydrogen) atoms. The smallest absolute Gasteiger partial charge is 0.411 e. The summed E-state index contributed by atoms with van der Waals surface area (Å²) in [5.41, 5.74) is 1.93. The predicted octanol–water partition coefficient (Wildman–Crippen LogP) is 4.60. The van der Waals surface area contributed by atoms with Crippen LogP contribution in [0.2, 0.25) is 0 Å². The molecule has 1 saturated carbocycles. The van der Waals surface area contributed by atoms with Crippen LogP contribution in [0.4, 0.5) is 10.5 Å². The molecule has 0 unspecified atom stereocenters. The van der Waals surface area contributed by atoms with Gasteiger partial charge in [-0.2, -0.15) is 0 Å². The minimum atomic E-state index is -0.443. The fourth-order valence-corrected chi connectivity index (χ4v) is 4.11. The van der Waals surface area contributed by atoms with Gasteiger partial charge in [0.25, 0.3) is 0 Å². The van der Waals surface area contributed by atoms with Gasteiger partial charge in [-0.1, -0.05) is 48.5 Å². The van der Waals surface area contributed by atoms with Crippen LogP contribution < -0.4 is 10.6 Å². The molecular weight excluding hydrogens is 372 g/mol. The van der Waals surface area contributed by atoms with Gasteiger partial charge in [0.1, 0.15) is 6.10 Å². The second-order valence-electron chi connectivity index (χ2n) is 6.93. The van der Waals surface area contributed by atoms with Crippen LogP contribution in [0.25, 0.3) is 0 Å². The number of rotatable bonds is 7. The molecule has 0 spiro atoms. The molecule has 2 aromatic rings. The van der Waals surface area contributed by atoms with Gasteiger partial charge in [-0.25, -0.2) is 4.79 Å². The van der Waals surface area contributed by atoms with Crippen molar-refractivity contribution in [2.24, 2.45) is 0 Å². The molecule has 1 aliphatic rings. The Morgan fingerprint density at radius 2 is 1.71 bits per heavy atom. The third-order valence-electron chi connectivity index (χ3n) is 4.63. The van der Waals surface area contributed by atoms with Crippen molar-refractivity contribution < 1.29 is 14.3 Å². The Morgan fingerprint density at radius 1 is 1.00 bits per heavy atom. The van der Waals surface area contributed by atoms with Gasteiger partial charge >= 0.3 is 6.09 Å². The summed E-state index contributed by atoms with van der Waals surface area (Å²) < 4.78 is 5.54. The van der Waals surface area contributed by atoms with Gasteiger partial charge < -0.3 is 10.1 Å². The number of hydrogen-bond acceptors (Lipinski definition) is 4. The van der Waals surface area contributed by atoms with E-state index in [-0.39, 0.29) is 18.1 Å². The van der Waals surface area contributed by atoms with Crippen molar-refractivity contribution in [2.45, 2.75) is 43.6 Å². The first kappa shape index (κ1) is 20.3. The molecule has 1 aliphatic carbocycles. The van der Waals surface area contributed by atoms with Crippen LogP contribution in [-0.2, 0) is 15.3 Å². The van der Waals surface area contributed by atoms with Crippen molar-refractivity contribution in [3.8, 4) is 0 Å². The normalized spacial score (nSPS) is 18.9. The van der Waals surface area contributed by atoms with E-state index in [4.69, 9.17) is 4.74 Å². The predicted molar refractivity (Wildman–Crippen MR) is 113 cm³/mol. The van der Waals surface area contributed by atoms with Crippen LogP contribution in [-0.4, -0.2) is 29.9 Å². The summed E-state index contributed by atoms with van der Waals surface area (Å²) in [6.45, 7) is 0. The van der Waals surface area contributed by atoms with E-state index in [1.54, 1.807) is 11.8 Å². The summed E-state index contributed by atoms with van der Waals surface area (Å²) in [5, 5.41) is 5.82. The van der Waals surface area contributed by atoms with E-state index in [1.807, 2.05) is 48.5 Å². The molecule has 0 bridgehead atoms. The molecular formula is C22H26N2O3S. The first-order valence-electron chi connectivity index (χ1n) is 9.63. The summed E-state index contributed by atoms with van der Waals surface area (Å²) >= 11 is 1.61. The monoisotopic (exact) mass is 398 g/mol. The van der Waals surface area contributed by atoms with Crippen LogP contribution in [0.5, 0.6) is 0 Å². The maximum atomic E-state index is 12.2. The van der Waals surface area contributed by atoms with E-state index in [9.17, 15) is 9.59 Å². The Balaban J connectivity index is 1.37. The second kappa shape index (κ2) is 10.8. The van der Waals surface area contributed by atoms with Crippen molar-refractivity contribution in [3.63, 3.8) is 0 Å². The average Bonchev–Trinajstić information content (AvgIpc) is 2.70. The highest BCUT2D eigenvalue weighted by Gasteiger charge is 2.26. The number of carbonyl (C=O) groups is 2. The first-order chi connectivity index (χ1) is 13.7. The molecule has 3 rings (SSSR count). The molecule has 0 radical (unpaired) electrons. The highest BCUT2D eigenvalue weighted by atomic mass is 32.2. The topological polar surface area (TPSA) is 67.4 Å². The van der Waals surface area contributed by atoms with Crippen molar-refractivity contribution in [3.05, 3.63) is 66.2 Å². The minimum Gasteiger partial charge on any atom is -0.446 e. The Bertz CT molecular complexity index is 755. The van der Waals surface area contributed by atoms with E-state index >= 15 is 0 Å². The van der Waals surface area contributed by atoms with E-state index in [1.165, 1.54) is 5.56 Å². The first-order valence-corrected chi connectivity index (χ1v) is 10.8. The zero-order chi connectivity index (χ0) is 19.6. The SMILES string of the molecule is O=C(CSCc1ccccc1)N[C@H]1CCC[C@H](OC(=O)Nc2ccccc2)C1. The summed E-state index contributed by atoms with van der Waals surface area (Å²) in [6, 6.07) is 19.4. The average molecular weight is 399 g/mol. The van der Waals surface area contributed by atoms with Crippen LogP contribution in [0, 0.1) is 0 Å². The number of nitrogens with one attached hydrogen (secondary N) is 2. The number of ether oxygens (including phenoxy) is 1. The van der Waals surface area contributed by atoms with Gasteiger partial charge in [0, 0.05) is 23.9 Å². The van der Waals surface area contributed by atoms with Gasteiger partial charge in [-0.3, -0.25) is 10.1 Å². The summed E-state index contributed by atoms with van der Waals surface area (Å²) in [7, 11) is 0. The molecule has 2 atom stereocenters. The molecule has 5 nitrogen and oxygen atoms in total. The van der Waals surface area contributed by atoms with Gasteiger partial charge in [-0.05, 0) is 37.0 Å². The fourth-order valence-electron chi connectivity index (χ4n) is 3.31. The van der Waals surface area contributed by atoms with Crippen LogP contribution in [0.15, 0.2) is 60.7 Å². The highest BCUT2D eigenvalue weighted by molar-refractivity contribution is 7.99. The standard InChI is InChI=1S/C22H26N2O3S/c25-21(16-28-15-17-8-3-1-4-9-17)23-19-12-7-13-20(14-19)27-22(26)24-18-10-5-2-6-11-18/h1-6,8-11,19-20H,7,12-16H2,(H,23,25)(H,24,26)/t19-,20-/m0/s1. The second-order valence-corrected chi connectivity index (χ2v) is 7.91. The molecule has 0 aliphatic heterocycles. The van der Waals surface area contributed by atoms with Crippen LogP contribution in [0.1, 0.15) is 31.2 Å². The maximum Gasteiger partial charge on any atom is 0.411 e. The minimum absolute atomic E-state index is 0.0420. The molecule has 2 amide bonds. The maximum absolute atomic E-state index is 12.2. The largest absolute Gasteiger partial charge is 0.446 e. The number of anilines is 1. The van der Waals surface area contributed by atoms with E-state index in [0.29, 0.717) is 17.9 Å². The third kappa shape index (κ3) is 6.93. The zero-order valence-electron chi connectivity index (χ0n) is 15.8. The number of benzene rings is 2. The van der Waals surface area contributed by atoms with Crippen molar-refractivity contribution in [1.29, 1.82) is 0 Å². The number of amides is 2. The molecule has 6 heteroatoms. The summed E-state index contributed by atoms with van der Waals surface area (Å²) in [5.74, 6) is 1.30. The van der Waals surface area contributed by atoms with Gasteiger partial charge in [0.05, 0.1) is 5.75 Å². The van der Waals surface area contributed by atoms with Gasteiger partial charge in [0.2, 0.25) is 5.91 Å². The lowest BCUT2D eigenvalue weighted by Crippen LogP contribution is -2.42. The number of para-hydroxylation sites is 1. The van der Waals surface area contributed by atoms with Crippen LogP contribution in [0.3, 0.4) is 0 Å². The Labute approximate surface area is 170 Å². The molecule has 0 heterocycles. The lowest BCUT2D eigenvalue weighted by Gasteiger charge is -2.29. The van der Waals surface area contributed by atoms with E-state index < -0.39 is 6.09 Å². The van der Waals surface area contributed by atoms with Gasteiger partial charge in [0.15, 0.2) is 0 Å². The quantitative estimate of drug-likeness (QED) is 0.715. The Kier molecular flexibility index (Phi) is 7.79. The van der Waals surface area contributed by atoms with E-state index in [2.05, 4.69) is 22.8 Å². The Hall–Kier alpha value is -2.47. The highest BCUT2D eigenvalue weighted by Crippen LogP contribution is 2.22. The molecule has 2 aromatic carbocycles. The summed E-state index contributed by atoms with van der Waals surface area (Å²) in [6.07, 6.45) is 2.75. The molecule has 0 saturated heterocycles. The van der Waals surface area contributed by atoms with Crippen molar-refractivity contribution in [1.82, 2.24) is 5.32 Å². The lowest BCUT2D eigenvalue weighted by molar-refractivity contribution is -0.119.